The Balaban J connectivity index is 1.69. The van der Waals surface area contributed by atoms with Crippen molar-refractivity contribution in [3.63, 3.8) is 0 Å². The standard InChI is InChI=1S/C30H37NO5/c1-7-35-25-15-13-22(19-23(25)20-36-26-11-9-8-10-24(26)30(2,3)4)29(32)31-17-16-21-12-14-27(33-5)28(18-21)34-6/h8-15,18-19H,7,16-17,20H2,1-6H3,(H,31,32). The summed E-state index contributed by atoms with van der Waals surface area (Å²) in [4.78, 5) is 12.9. The highest BCUT2D eigenvalue weighted by Crippen LogP contribution is 2.32. The Morgan fingerprint density at radius 2 is 1.56 bits per heavy atom. The van der Waals surface area contributed by atoms with Crippen LogP contribution in [0.15, 0.2) is 60.7 Å². The van der Waals surface area contributed by atoms with E-state index in [4.69, 9.17) is 18.9 Å². The van der Waals surface area contributed by atoms with E-state index in [0.29, 0.717) is 49.0 Å². The van der Waals surface area contributed by atoms with Gasteiger partial charge in [0.2, 0.25) is 0 Å². The molecule has 3 aromatic rings. The minimum Gasteiger partial charge on any atom is -0.493 e. The van der Waals surface area contributed by atoms with Crippen LogP contribution in [0.25, 0.3) is 0 Å². The van der Waals surface area contributed by atoms with Gasteiger partial charge in [0, 0.05) is 17.7 Å². The van der Waals surface area contributed by atoms with E-state index in [9.17, 15) is 4.79 Å². The molecule has 6 nitrogen and oxygen atoms in total. The molecule has 0 aliphatic heterocycles. The summed E-state index contributed by atoms with van der Waals surface area (Å²) in [5.41, 5.74) is 3.52. The summed E-state index contributed by atoms with van der Waals surface area (Å²) in [6.07, 6.45) is 0.669. The Morgan fingerprint density at radius 3 is 2.25 bits per heavy atom. The zero-order valence-corrected chi connectivity index (χ0v) is 22.1. The SMILES string of the molecule is CCOc1ccc(C(=O)NCCc2ccc(OC)c(OC)c2)cc1COc1ccccc1C(C)(C)C. The number of rotatable bonds is 11. The molecule has 0 heterocycles. The molecule has 0 aliphatic carbocycles. The summed E-state index contributed by atoms with van der Waals surface area (Å²) >= 11 is 0. The lowest BCUT2D eigenvalue weighted by Gasteiger charge is -2.23. The van der Waals surface area contributed by atoms with Crippen LogP contribution in [0, 0.1) is 0 Å². The van der Waals surface area contributed by atoms with E-state index >= 15 is 0 Å². The van der Waals surface area contributed by atoms with Gasteiger partial charge in [-0.15, -0.1) is 0 Å². The Morgan fingerprint density at radius 1 is 0.833 bits per heavy atom. The third-order valence-corrected chi connectivity index (χ3v) is 5.85. The Kier molecular flexibility index (Phi) is 9.23. The van der Waals surface area contributed by atoms with E-state index in [1.807, 2.05) is 55.5 Å². The maximum absolute atomic E-state index is 12.9. The predicted molar refractivity (Wildman–Crippen MR) is 143 cm³/mol. The van der Waals surface area contributed by atoms with E-state index in [-0.39, 0.29) is 11.3 Å². The zero-order valence-electron chi connectivity index (χ0n) is 22.1. The van der Waals surface area contributed by atoms with Crippen molar-refractivity contribution >= 4 is 5.91 Å². The van der Waals surface area contributed by atoms with Gasteiger partial charge in [-0.25, -0.2) is 0 Å². The highest BCUT2D eigenvalue weighted by molar-refractivity contribution is 5.94. The lowest BCUT2D eigenvalue weighted by Crippen LogP contribution is -2.26. The van der Waals surface area contributed by atoms with Crippen molar-refractivity contribution < 1.29 is 23.7 Å². The highest BCUT2D eigenvalue weighted by atomic mass is 16.5. The first-order chi connectivity index (χ1) is 17.3. The van der Waals surface area contributed by atoms with Crippen molar-refractivity contribution in [1.29, 1.82) is 0 Å². The maximum atomic E-state index is 12.9. The van der Waals surface area contributed by atoms with Crippen LogP contribution in [-0.2, 0) is 18.4 Å². The van der Waals surface area contributed by atoms with Crippen LogP contribution in [0.5, 0.6) is 23.0 Å². The van der Waals surface area contributed by atoms with Crippen LogP contribution in [0.3, 0.4) is 0 Å². The van der Waals surface area contributed by atoms with Crippen molar-refractivity contribution in [2.24, 2.45) is 0 Å². The predicted octanol–water partition coefficient (Wildman–Crippen LogP) is 5.95. The normalized spacial score (nSPS) is 11.1. The van der Waals surface area contributed by atoms with Gasteiger partial charge in [0.1, 0.15) is 18.1 Å². The number of amides is 1. The molecule has 0 saturated carbocycles. The topological polar surface area (TPSA) is 66.0 Å². The average Bonchev–Trinajstić information content (AvgIpc) is 2.87. The summed E-state index contributed by atoms with van der Waals surface area (Å²) in [5.74, 6) is 2.75. The van der Waals surface area contributed by atoms with Gasteiger partial charge in [-0.05, 0) is 66.3 Å². The molecule has 0 aromatic heterocycles. The van der Waals surface area contributed by atoms with Crippen molar-refractivity contribution in [2.75, 3.05) is 27.4 Å². The van der Waals surface area contributed by atoms with Crippen LogP contribution in [0.2, 0.25) is 0 Å². The molecule has 0 unspecified atom stereocenters. The van der Waals surface area contributed by atoms with Gasteiger partial charge in [-0.2, -0.15) is 0 Å². The molecule has 0 saturated heterocycles. The molecule has 0 aliphatic rings. The van der Waals surface area contributed by atoms with E-state index < -0.39 is 0 Å². The molecule has 3 rings (SSSR count). The Bertz CT molecular complexity index is 1170. The number of benzene rings is 3. The van der Waals surface area contributed by atoms with Gasteiger partial charge in [0.05, 0.1) is 20.8 Å². The number of hydrogen-bond acceptors (Lipinski definition) is 5. The number of nitrogens with one attached hydrogen (secondary N) is 1. The summed E-state index contributed by atoms with van der Waals surface area (Å²) in [6, 6.07) is 19.3. The number of ether oxygens (including phenoxy) is 4. The lowest BCUT2D eigenvalue weighted by molar-refractivity contribution is 0.0954. The quantitative estimate of drug-likeness (QED) is 0.359. The Hall–Kier alpha value is -3.67. The number of hydrogen-bond donors (Lipinski definition) is 1. The third kappa shape index (κ3) is 6.94. The fourth-order valence-electron chi connectivity index (χ4n) is 3.96. The highest BCUT2D eigenvalue weighted by Gasteiger charge is 2.19. The molecule has 0 fully saturated rings. The zero-order chi connectivity index (χ0) is 26.1. The number of methoxy groups -OCH3 is 2. The van der Waals surface area contributed by atoms with Gasteiger partial charge in [0.25, 0.3) is 5.91 Å². The number of para-hydroxylation sites is 1. The van der Waals surface area contributed by atoms with E-state index in [0.717, 1.165) is 22.4 Å². The molecule has 192 valence electrons. The minimum atomic E-state index is -0.144. The van der Waals surface area contributed by atoms with Gasteiger partial charge in [-0.1, -0.05) is 45.0 Å². The van der Waals surface area contributed by atoms with Crippen LogP contribution in [-0.4, -0.2) is 33.3 Å². The van der Waals surface area contributed by atoms with E-state index in [1.54, 1.807) is 20.3 Å². The Labute approximate surface area is 214 Å². The maximum Gasteiger partial charge on any atom is 0.251 e. The van der Waals surface area contributed by atoms with Gasteiger partial charge in [0.15, 0.2) is 11.5 Å². The summed E-state index contributed by atoms with van der Waals surface area (Å²) in [5, 5.41) is 3.00. The van der Waals surface area contributed by atoms with Crippen molar-refractivity contribution in [3.8, 4) is 23.0 Å². The molecule has 1 amide bonds. The lowest BCUT2D eigenvalue weighted by atomic mass is 9.86. The monoisotopic (exact) mass is 491 g/mol. The van der Waals surface area contributed by atoms with Crippen molar-refractivity contribution in [1.82, 2.24) is 5.32 Å². The first kappa shape index (κ1) is 26.9. The summed E-state index contributed by atoms with van der Waals surface area (Å²) in [7, 11) is 3.22. The molecule has 36 heavy (non-hydrogen) atoms. The van der Waals surface area contributed by atoms with E-state index in [2.05, 4.69) is 32.2 Å². The van der Waals surface area contributed by atoms with Crippen LogP contribution >= 0.6 is 0 Å². The van der Waals surface area contributed by atoms with Gasteiger partial charge in [-0.3, -0.25) is 4.79 Å². The minimum absolute atomic E-state index is 0.0466. The second-order valence-electron chi connectivity index (χ2n) is 9.49. The number of carbonyl (C=O) groups excluding carboxylic acids is 1. The van der Waals surface area contributed by atoms with Crippen molar-refractivity contribution in [3.05, 3.63) is 82.9 Å². The first-order valence-electron chi connectivity index (χ1n) is 12.2. The molecule has 3 aromatic carbocycles. The van der Waals surface area contributed by atoms with Crippen molar-refractivity contribution in [2.45, 2.75) is 46.1 Å². The fraction of sp³-hybridized carbons (Fsp3) is 0.367. The van der Waals surface area contributed by atoms with E-state index in [1.165, 1.54) is 0 Å². The second-order valence-corrected chi connectivity index (χ2v) is 9.49. The van der Waals surface area contributed by atoms with Crippen LogP contribution in [0.4, 0.5) is 0 Å². The smallest absolute Gasteiger partial charge is 0.251 e. The summed E-state index contributed by atoms with van der Waals surface area (Å²) in [6.45, 7) is 9.74. The molecule has 0 spiro atoms. The largest absolute Gasteiger partial charge is 0.493 e. The summed E-state index contributed by atoms with van der Waals surface area (Å²) < 4.78 is 22.7. The molecular formula is C30H37NO5. The molecule has 0 atom stereocenters. The number of carbonyl (C=O) groups is 1. The molecular weight excluding hydrogens is 454 g/mol. The second kappa shape index (κ2) is 12.3. The average molecular weight is 492 g/mol. The van der Waals surface area contributed by atoms with Gasteiger partial charge >= 0.3 is 0 Å². The fourth-order valence-corrected chi connectivity index (χ4v) is 3.96. The molecule has 0 bridgehead atoms. The van der Waals surface area contributed by atoms with Crippen LogP contribution < -0.4 is 24.3 Å². The molecule has 1 N–H and O–H groups in total. The first-order valence-corrected chi connectivity index (χ1v) is 12.2. The van der Waals surface area contributed by atoms with Gasteiger partial charge < -0.3 is 24.3 Å². The van der Waals surface area contributed by atoms with Crippen LogP contribution in [0.1, 0.15) is 54.7 Å². The third-order valence-electron chi connectivity index (χ3n) is 5.85. The molecule has 0 radical (unpaired) electrons. The molecule has 6 heteroatoms.